The molecule has 20 heavy (non-hydrogen) atoms. The lowest BCUT2D eigenvalue weighted by Gasteiger charge is -2.15. The molecule has 1 aromatic carbocycles. The molecule has 0 radical (unpaired) electrons. The average molecular weight is 311 g/mol. The van der Waals surface area contributed by atoms with Gasteiger partial charge < -0.3 is 15.7 Å². The van der Waals surface area contributed by atoms with Crippen LogP contribution in [0.25, 0.3) is 0 Å². The van der Waals surface area contributed by atoms with E-state index in [0.717, 1.165) is 6.07 Å². The summed E-state index contributed by atoms with van der Waals surface area (Å²) in [5.74, 6) is -1.31. The Balaban J connectivity index is 2.93. The van der Waals surface area contributed by atoms with Crippen molar-refractivity contribution in [3.8, 4) is 0 Å². The number of carbonyl (C=O) groups excluding carboxylic acids is 1. The SMILES string of the molecule is CC(NC(=O)Nc1ccc(Cl)cc1C(F)(F)F)C(=O)O. The number of rotatable bonds is 3. The van der Waals surface area contributed by atoms with E-state index in [4.69, 9.17) is 16.7 Å². The van der Waals surface area contributed by atoms with Crippen molar-refractivity contribution in [3.63, 3.8) is 0 Å². The second-order valence-corrected chi connectivity index (χ2v) is 4.28. The first-order chi connectivity index (χ1) is 9.11. The van der Waals surface area contributed by atoms with E-state index in [-0.39, 0.29) is 5.02 Å². The summed E-state index contributed by atoms with van der Waals surface area (Å²) < 4.78 is 38.2. The summed E-state index contributed by atoms with van der Waals surface area (Å²) in [7, 11) is 0. The number of carbonyl (C=O) groups is 2. The Morgan fingerprint density at radius 3 is 2.45 bits per heavy atom. The first-order valence-electron chi connectivity index (χ1n) is 5.28. The van der Waals surface area contributed by atoms with Crippen LogP contribution in [-0.2, 0) is 11.0 Å². The number of aliphatic carboxylic acids is 1. The van der Waals surface area contributed by atoms with Crippen molar-refractivity contribution >= 4 is 29.3 Å². The Hall–Kier alpha value is -1.96. The molecule has 110 valence electrons. The van der Waals surface area contributed by atoms with Crippen LogP contribution in [0.2, 0.25) is 5.02 Å². The van der Waals surface area contributed by atoms with Gasteiger partial charge in [-0.05, 0) is 25.1 Å². The Labute approximate surface area is 116 Å². The number of nitrogens with one attached hydrogen (secondary N) is 2. The molecule has 0 aliphatic heterocycles. The van der Waals surface area contributed by atoms with Gasteiger partial charge in [0.25, 0.3) is 0 Å². The molecule has 1 rings (SSSR count). The smallest absolute Gasteiger partial charge is 0.418 e. The summed E-state index contributed by atoms with van der Waals surface area (Å²) in [4.78, 5) is 21.9. The van der Waals surface area contributed by atoms with Crippen LogP contribution in [0.4, 0.5) is 23.7 Å². The number of halogens is 4. The van der Waals surface area contributed by atoms with E-state index < -0.39 is 35.5 Å². The fourth-order valence-electron chi connectivity index (χ4n) is 1.28. The van der Waals surface area contributed by atoms with Crippen LogP contribution >= 0.6 is 11.6 Å². The normalized spacial score (nSPS) is 12.7. The summed E-state index contributed by atoms with van der Waals surface area (Å²) in [5, 5.41) is 12.3. The predicted molar refractivity (Wildman–Crippen MR) is 65.7 cm³/mol. The van der Waals surface area contributed by atoms with E-state index in [9.17, 15) is 22.8 Å². The zero-order valence-corrected chi connectivity index (χ0v) is 10.8. The third-order valence-corrected chi connectivity index (χ3v) is 2.49. The van der Waals surface area contributed by atoms with Gasteiger partial charge in [-0.3, -0.25) is 4.79 Å². The number of alkyl halides is 3. The number of anilines is 1. The van der Waals surface area contributed by atoms with Gasteiger partial charge in [-0.25, -0.2) is 4.79 Å². The highest BCUT2D eigenvalue weighted by atomic mass is 35.5. The van der Waals surface area contributed by atoms with Crippen LogP contribution in [0.5, 0.6) is 0 Å². The summed E-state index contributed by atoms with van der Waals surface area (Å²) in [6, 6.07) is 0.519. The molecule has 1 unspecified atom stereocenters. The topological polar surface area (TPSA) is 78.4 Å². The van der Waals surface area contributed by atoms with Crippen LogP contribution in [0.3, 0.4) is 0 Å². The molecule has 0 heterocycles. The quantitative estimate of drug-likeness (QED) is 0.803. The van der Waals surface area contributed by atoms with E-state index >= 15 is 0 Å². The Morgan fingerprint density at radius 1 is 1.35 bits per heavy atom. The molecular formula is C11H10ClF3N2O3. The molecule has 1 aromatic rings. The van der Waals surface area contributed by atoms with E-state index in [1.807, 2.05) is 10.6 Å². The van der Waals surface area contributed by atoms with Crippen molar-refractivity contribution in [2.24, 2.45) is 0 Å². The standard InChI is InChI=1S/C11H10ClF3N2O3/c1-5(9(18)19)16-10(20)17-8-3-2-6(12)4-7(8)11(13,14)15/h2-5H,1H3,(H,18,19)(H2,16,17,20). The molecule has 9 heteroatoms. The summed E-state index contributed by atoms with van der Waals surface area (Å²) >= 11 is 5.48. The zero-order valence-electron chi connectivity index (χ0n) is 10.1. The molecule has 0 saturated heterocycles. The minimum Gasteiger partial charge on any atom is -0.480 e. The number of hydrogen-bond acceptors (Lipinski definition) is 2. The Bertz CT molecular complexity index is 534. The van der Waals surface area contributed by atoms with Gasteiger partial charge in [0.1, 0.15) is 6.04 Å². The number of hydrogen-bond donors (Lipinski definition) is 3. The maximum Gasteiger partial charge on any atom is 0.418 e. The average Bonchev–Trinajstić information content (AvgIpc) is 2.29. The predicted octanol–water partition coefficient (Wildman–Crippen LogP) is 2.95. The van der Waals surface area contributed by atoms with Crippen LogP contribution in [-0.4, -0.2) is 23.1 Å². The lowest BCUT2D eigenvalue weighted by molar-refractivity contribution is -0.139. The second-order valence-electron chi connectivity index (χ2n) is 3.85. The minimum atomic E-state index is -4.70. The number of carboxylic acids is 1. The molecule has 5 nitrogen and oxygen atoms in total. The van der Waals surface area contributed by atoms with Gasteiger partial charge in [0, 0.05) is 5.02 Å². The molecule has 3 N–H and O–H groups in total. The maximum absolute atomic E-state index is 12.7. The fourth-order valence-corrected chi connectivity index (χ4v) is 1.45. The van der Waals surface area contributed by atoms with Crippen LogP contribution in [0, 0.1) is 0 Å². The van der Waals surface area contributed by atoms with E-state index in [1.54, 1.807) is 0 Å². The minimum absolute atomic E-state index is 0.137. The molecule has 0 saturated carbocycles. The molecule has 0 spiro atoms. The molecule has 0 bridgehead atoms. The van der Waals surface area contributed by atoms with Gasteiger partial charge in [-0.1, -0.05) is 11.6 Å². The monoisotopic (exact) mass is 310 g/mol. The number of benzene rings is 1. The highest BCUT2D eigenvalue weighted by Gasteiger charge is 2.34. The van der Waals surface area contributed by atoms with Gasteiger partial charge >= 0.3 is 18.2 Å². The third kappa shape index (κ3) is 4.30. The molecule has 1 atom stereocenters. The van der Waals surface area contributed by atoms with E-state index in [0.29, 0.717) is 6.07 Å². The second kappa shape index (κ2) is 6.00. The Kier molecular flexibility index (Phi) is 4.83. The Morgan fingerprint density at radius 2 is 1.95 bits per heavy atom. The number of urea groups is 1. The summed E-state index contributed by atoms with van der Waals surface area (Å²) in [6.45, 7) is 1.18. The molecule has 0 aromatic heterocycles. The van der Waals surface area contributed by atoms with Gasteiger partial charge in [0.15, 0.2) is 0 Å². The molecule has 0 aliphatic rings. The molecule has 0 aliphatic carbocycles. The molecule has 2 amide bonds. The van der Waals surface area contributed by atoms with Crippen molar-refractivity contribution in [2.45, 2.75) is 19.1 Å². The van der Waals surface area contributed by atoms with Crippen molar-refractivity contribution in [1.29, 1.82) is 0 Å². The van der Waals surface area contributed by atoms with Crippen LogP contribution < -0.4 is 10.6 Å². The first-order valence-corrected chi connectivity index (χ1v) is 5.66. The number of carboxylic acid groups (broad SMARTS) is 1. The van der Waals surface area contributed by atoms with Crippen molar-refractivity contribution in [1.82, 2.24) is 5.32 Å². The molecule has 0 fully saturated rings. The largest absolute Gasteiger partial charge is 0.480 e. The van der Waals surface area contributed by atoms with Crippen molar-refractivity contribution in [3.05, 3.63) is 28.8 Å². The van der Waals surface area contributed by atoms with Crippen LogP contribution in [0.1, 0.15) is 12.5 Å². The lowest BCUT2D eigenvalue weighted by atomic mass is 10.1. The van der Waals surface area contributed by atoms with Crippen LogP contribution in [0.15, 0.2) is 18.2 Å². The number of amides is 2. The molecular weight excluding hydrogens is 301 g/mol. The fraction of sp³-hybridized carbons (Fsp3) is 0.273. The highest BCUT2D eigenvalue weighted by Crippen LogP contribution is 2.36. The first kappa shape index (κ1) is 16.1. The van der Waals surface area contributed by atoms with Crippen molar-refractivity contribution < 1.29 is 27.9 Å². The summed E-state index contributed by atoms with van der Waals surface area (Å²) in [6.07, 6.45) is -4.70. The van der Waals surface area contributed by atoms with Gasteiger partial charge in [-0.15, -0.1) is 0 Å². The summed E-state index contributed by atoms with van der Waals surface area (Å²) in [5.41, 5.74) is -1.64. The zero-order chi connectivity index (χ0) is 15.5. The third-order valence-electron chi connectivity index (χ3n) is 2.25. The van der Waals surface area contributed by atoms with Gasteiger partial charge in [-0.2, -0.15) is 13.2 Å². The van der Waals surface area contributed by atoms with Crippen molar-refractivity contribution in [2.75, 3.05) is 5.32 Å². The van der Waals surface area contributed by atoms with E-state index in [1.165, 1.54) is 13.0 Å². The van der Waals surface area contributed by atoms with Gasteiger partial charge in [0.2, 0.25) is 0 Å². The highest BCUT2D eigenvalue weighted by molar-refractivity contribution is 6.30. The lowest BCUT2D eigenvalue weighted by Crippen LogP contribution is -2.41. The van der Waals surface area contributed by atoms with Gasteiger partial charge in [0.05, 0.1) is 11.3 Å². The maximum atomic E-state index is 12.7. The van der Waals surface area contributed by atoms with E-state index in [2.05, 4.69) is 0 Å².